The molecule has 8 heteroatoms. The highest BCUT2D eigenvalue weighted by atomic mass is 35.5. The van der Waals surface area contributed by atoms with Gasteiger partial charge < -0.3 is 0 Å². The SMILES string of the molecule is Cc1nc(NS(C)(=O)=O)[nH]c(=O)c1Cc1cccc(Cl)c1. The molecule has 0 bridgehead atoms. The molecule has 21 heavy (non-hydrogen) atoms. The quantitative estimate of drug-likeness (QED) is 0.894. The number of hydrogen-bond acceptors (Lipinski definition) is 4. The lowest BCUT2D eigenvalue weighted by molar-refractivity contribution is 0.606. The van der Waals surface area contributed by atoms with Gasteiger partial charge in [0.2, 0.25) is 16.0 Å². The van der Waals surface area contributed by atoms with E-state index in [1.807, 2.05) is 6.07 Å². The van der Waals surface area contributed by atoms with Gasteiger partial charge in [-0.25, -0.2) is 13.4 Å². The Morgan fingerprint density at radius 1 is 1.38 bits per heavy atom. The number of benzene rings is 1. The number of aromatic nitrogens is 2. The summed E-state index contributed by atoms with van der Waals surface area (Å²) in [6.07, 6.45) is 1.36. The molecule has 6 nitrogen and oxygen atoms in total. The Kier molecular flexibility index (Phi) is 4.34. The van der Waals surface area contributed by atoms with Gasteiger partial charge in [0, 0.05) is 17.0 Å². The predicted molar refractivity (Wildman–Crippen MR) is 82.3 cm³/mol. The van der Waals surface area contributed by atoms with Crippen LogP contribution in [-0.4, -0.2) is 24.6 Å². The second-order valence-electron chi connectivity index (χ2n) is 4.66. The first kappa shape index (κ1) is 15.5. The van der Waals surface area contributed by atoms with E-state index in [-0.39, 0.29) is 11.5 Å². The van der Waals surface area contributed by atoms with Crippen molar-refractivity contribution >= 4 is 27.6 Å². The summed E-state index contributed by atoms with van der Waals surface area (Å²) in [6, 6.07) is 7.17. The van der Waals surface area contributed by atoms with E-state index in [0.29, 0.717) is 22.7 Å². The zero-order chi connectivity index (χ0) is 15.6. The van der Waals surface area contributed by atoms with Crippen molar-refractivity contribution < 1.29 is 8.42 Å². The van der Waals surface area contributed by atoms with Gasteiger partial charge in [0.15, 0.2) is 0 Å². The number of nitrogens with zero attached hydrogens (tertiary/aromatic N) is 1. The van der Waals surface area contributed by atoms with E-state index in [1.165, 1.54) is 0 Å². The highest BCUT2D eigenvalue weighted by Gasteiger charge is 2.11. The van der Waals surface area contributed by atoms with Gasteiger partial charge in [-0.15, -0.1) is 0 Å². The van der Waals surface area contributed by atoms with Crippen molar-refractivity contribution in [3.8, 4) is 0 Å². The van der Waals surface area contributed by atoms with Crippen LogP contribution in [-0.2, 0) is 16.4 Å². The van der Waals surface area contributed by atoms with Crippen LogP contribution in [0.5, 0.6) is 0 Å². The number of halogens is 1. The number of aryl methyl sites for hydroxylation is 1. The maximum Gasteiger partial charge on any atom is 0.256 e. The van der Waals surface area contributed by atoms with Crippen molar-refractivity contribution in [2.24, 2.45) is 0 Å². The fourth-order valence-corrected chi connectivity index (χ4v) is 2.55. The Labute approximate surface area is 127 Å². The predicted octanol–water partition coefficient (Wildman–Crippen LogP) is 1.69. The van der Waals surface area contributed by atoms with E-state index in [0.717, 1.165) is 11.8 Å². The third-order valence-electron chi connectivity index (χ3n) is 2.77. The molecule has 0 unspecified atom stereocenters. The maximum absolute atomic E-state index is 12.1. The van der Waals surface area contributed by atoms with Crippen molar-refractivity contribution in [3.63, 3.8) is 0 Å². The van der Waals surface area contributed by atoms with Crippen LogP contribution in [0.1, 0.15) is 16.8 Å². The molecule has 2 rings (SSSR count). The van der Waals surface area contributed by atoms with Crippen LogP contribution in [0.4, 0.5) is 5.95 Å². The molecular formula is C13H14ClN3O3S. The molecule has 0 spiro atoms. The highest BCUT2D eigenvalue weighted by Crippen LogP contribution is 2.15. The second-order valence-corrected chi connectivity index (χ2v) is 6.84. The molecule has 1 heterocycles. The summed E-state index contributed by atoms with van der Waals surface area (Å²) >= 11 is 5.91. The molecular weight excluding hydrogens is 314 g/mol. The fraction of sp³-hybridized carbons (Fsp3) is 0.231. The summed E-state index contributed by atoms with van der Waals surface area (Å²) in [5.41, 5.74) is 1.43. The lowest BCUT2D eigenvalue weighted by atomic mass is 10.1. The lowest BCUT2D eigenvalue weighted by Crippen LogP contribution is -2.21. The van der Waals surface area contributed by atoms with Crippen molar-refractivity contribution in [1.82, 2.24) is 9.97 Å². The van der Waals surface area contributed by atoms with Gasteiger partial charge in [0.1, 0.15) is 0 Å². The van der Waals surface area contributed by atoms with Crippen LogP contribution in [0, 0.1) is 6.92 Å². The Bertz CT molecular complexity index is 831. The van der Waals surface area contributed by atoms with Crippen LogP contribution in [0.3, 0.4) is 0 Å². The Hall–Kier alpha value is -1.86. The zero-order valence-electron chi connectivity index (χ0n) is 11.5. The summed E-state index contributed by atoms with van der Waals surface area (Å²) in [5, 5.41) is 0.588. The molecule has 0 amide bonds. The van der Waals surface area contributed by atoms with Crippen LogP contribution in [0.2, 0.25) is 5.02 Å². The first-order valence-corrected chi connectivity index (χ1v) is 8.33. The molecule has 0 saturated carbocycles. The minimum Gasteiger partial charge on any atom is -0.292 e. The van der Waals surface area contributed by atoms with Gasteiger partial charge in [-0.05, 0) is 24.6 Å². The molecule has 112 valence electrons. The summed E-state index contributed by atoms with van der Waals surface area (Å²) in [4.78, 5) is 18.5. The molecule has 0 aliphatic carbocycles. The summed E-state index contributed by atoms with van der Waals surface area (Å²) in [7, 11) is -3.49. The topological polar surface area (TPSA) is 91.9 Å². The highest BCUT2D eigenvalue weighted by molar-refractivity contribution is 7.91. The smallest absolute Gasteiger partial charge is 0.256 e. The van der Waals surface area contributed by atoms with Gasteiger partial charge in [-0.3, -0.25) is 14.5 Å². The second kappa shape index (κ2) is 5.87. The molecule has 1 aromatic heterocycles. The van der Waals surface area contributed by atoms with E-state index in [4.69, 9.17) is 11.6 Å². The third-order valence-corrected chi connectivity index (χ3v) is 3.57. The molecule has 0 radical (unpaired) electrons. The number of aromatic amines is 1. The van der Waals surface area contributed by atoms with Crippen molar-refractivity contribution in [3.05, 3.63) is 56.5 Å². The maximum atomic E-state index is 12.1. The van der Waals surface area contributed by atoms with Crippen LogP contribution >= 0.6 is 11.6 Å². The third kappa shape index (κ3) is 4.30. The Balaban J connectivity index is 2.36. The number of anilines is 1. The van der Waals surface area contributed by atoms with Crippen molar-refractivity contribution in [2.75, 3.05) is 11.0 Å². The van der Waals surface area contributed by atoms with E-state index < -0.39 is 10.0 Å². The largest absolute Gasteiger partial charge is 0.292 e. The van der Waals surface area contributed by atoms with Crippen LogP contribution in [0.25, 0.3) is 0 Å². The molecule has 0 aliphatic heterocycles. The van der Waals surface area contributed by atoms with Gasteiger partial charge >= 0.3 is 0 Å². The molecule has 0 fully saturated rings. The minimum atomic E-state index is -3.49. The molecule has 1 aromatic carbocycles. The molecule has 0 aliphatic rings. The molecule has 0 atom stereocenters. The molecule has 2 aromatic rings. The summed E-state index contributed by atoms with van der Waals surface area (Å²) in [6.45, 7) is 1.66. The number of sulfonamides is 1. The first-order valence-electron chi connectivity index (χ1n) is 6.06. The number of rotatable bonds is 4. The number of hydrogen-bond donors (Lipinski definition) is 2. The zero-order valence-corrected chi connectivity index (χ0v) is 13.0. The summed E-state index contributed by atoms with van der Waals surface area (Å²) in [5.74, 6) is -0.0881. The molecule has 2 N–H and O–H groups in total. The van der Waals surface area contributed by atoms with Crippen molar-refractivity contribution in [2.45, 2.75) is 13.3 Å². The average molecular weight is 328 g/mol. The molecule has 0 saturated heterocycles. The van der Waals surface area contributed by atoms with Gasteiger partial charge in [-0.2, -0.15) is 0 Å². The van der Waals surface area contributed by atoms with Crippen molar-refractivity contribution in [1.29, 1.82) is 0 Å². The van der Waals surface area contributed by atoms with E-state index in [2.05, 4.69) is 14.7 Å². The van der Waals surface area contributed by atoms with E-state index in [1.54, 1.807) is 25.1 Å². The Morgan fingerprint density at radius 3 is 2.67 bits per heavy atom. The van der Waals surface area contributed by atoms with E-state index >= 15 is 0 Å². The monoisotopic (exact) mass is 327 g/mol. The number of nitrogens with one attached hydrogen (secondary N) is 2. The Morgan fingerprint density at radius 2 is 2.10 bits per heavy atom. The van der Waals surface area contributed by atoms with Gasteiger partial charge in [0.25, 0.3) is 5.56 Å². The number of H-pyrrole nitrogens is 1. The van der Waals surface area contributed by atoms with Gasteiger partial charge in [-0.1, -0.05) is 23.7 Å². The van der Waals surface area contributed by atoms with Gasteiger partial charge in [0.05, 0.1) is 11.9 Å². The van der Waals surface area contributed by atoms with E-state index in [9.17, 15) is 13.2 Å². The minimum absolute atomic E-state index is 0.0881. The first-order chi connectivity index (χ1) is 9.74. The van der Waals surface area contributed by atoms with Crippen LogP contribution < -0.4 is 10.3 Å². The average Bonchev–Trinajstić information content (AvgIpc) is 2.32. The summed E-state index contributed by atoms with van der Waals surface area (Å²) < 4.78 is 24.4. The fourth-order valence-electron chi connectivity index (χ4n) is 1.89. The standard InChI is InChI=1S/C13H14ClN3O3S/c1-8-11(7-9-4-3-5-10(14)6-9)12(18)16-13(15-8)17-21(2,19)20/h3-6H,7H2,1-2H3,(H2,15,16,17,18). The lowest BCUT2D eigenvalue weighted by Gasteiger charge is -2.08. The van der Waals surface area contributed by atoms with Crippen LogP contribution in [0.15, 0.2) is 29.1 Å². The normalized spacial score (nSPS) is 11.4.